The fourth-order valence-corrected chi connectivity index (χ4v) is 2.89. The Hall–Kier alpha value is -2.67. The van der Waals surface area contributed by atoms with Gasteiger partial charge in [-0.2, -0.15) is 4.98 Å². The van der Waals surface area contributed by atoms with E-state index in [1.807, 2.05) is 31.4 Å². The number of nitrogens with one attached hydrogen (secondary N) is 2. The van der Waals surface area contributed by atoms with Crippen LogP contribution in [0.5, 0.6) is 0 Å². The average Bonchev–Trinajstić information content (AvgIpc) is 3.20. The van der Waals surface area contributed by atoms with Gasteiger partial charge in [0, 0.05) is 0 Å². The standard InChI is InChI=1S/C17H17N3O3S/c1-10(2)14(19-15(21)13-8-5-9-24-13)16(22)20-17-18-11-6-3-4-7-12(11)23-17/h3-10,14H,1-2H3,(H,19,21)(H,18,20,22). The molecule has 0 aliphatic heterocycles. The summed E-state index contributed by atoms with van der Waals surface area (Å²) in [7, 11) is 0. The van der Waals surface area contributed by atoms with E-state index >= 15 is 0 Å². The van der Waals surface area contributed by atoms with Gasteiger partial charge in [-0.1, -0.05) is 32.0 Å². The molecule has 0 fully saturated rings. The summed E-state index contributed by atoms with van der Waals surface area (Å²) in [4.78, 5) is 29.5. The highest BCUT2D eigenvalue weighted by atomic mass is 32.1. The maximum atomic E-state index is 12.5. The molecule has 0 aliphatic carbocycles. The number of benzene rings is 1. The van der Waals surface area contributed by atoms with E-state index < -0.39 is 6.04 Å². The maximum absolute atomic E-state index is 12.5. The van der Waals surface area contributed by atoms with Gasteiger partial charge in [-0.05, 0) is 29.5 Å². The molecule has 124 valence electrons. The normalized spacial score (nSPS) is 12.3. The van der Waals surface area contributed by atoms with E-state index in [1.54, 1.807) is 24.3 Å². The highest BCUT2D eigenvalue weighted by Gasteiger charge is 2.26. The molecule has 2 heterocycles. The minimum Gasteiger partial charge on any atom is -0.423 e. The number of hydrogen-bond donors (Lipinski definition) is 2. The molecular formula is C17H17N3O3S. The van der Waals surface area contributed by atoms with Gasteiger partial charge in [0.2, 0.25) is 0 Å². The number of anilines is 1. The molecule has 7 heteroatoms. The van der Waals surface area contributed by atoms with Crippen molar-refractivity contribution >= 4 is 40.3 Å². The van der Waals surface area contributed by atoms with Gasteiger partial charge in [-0.15, -0.1) is 11.3 Å². The van der Waals surface area contributed by atoms with Gasteiger partial charge in [0.1, 0.15) is 11.6 Å². The van der Waals surface area contributed by atoms with Crippen LogP contribution in [0.15, 0.2) is 46.2 Å². The summed E-state index contributed by atoms with van der Waals surface area (Å²) in [5.41, 5.74) is 1.26. The third kappa shape index (κ3) is 3.46. The summed E-state index contributed by atoms with van der Waals surface area (Å²) in [5.74, 6) is -0.712. The number of oxazole rings is 1. The van der Waals surface area contributed by atoms with E-state index in [0.29, 0.717) is 16.0 Å². The molecule has 1 unspecified atom stereocenters. The number of carbonyl (C=O) groups is 2. The van der Waals surface area contributed by atoms with E-state index in [1.165, 1.54) is 11.3 Å². The van der Waals surface area contributed by atoms with E-state index in [2.05, 4.69) is 15.6 Å². The van der Waals surface area contributed by atoms with Crippen LogP contribution in [0.3, 0.4) is 0 Å². The Labute approximate surface area is 142 Å². The van der Waals surface area contributed by atoms with Crippen molar-refractivity contribution in [1.82, 2.24) is 10.3 Å². The maximum Gasteiger partial charge on any atom is 0.302 e. The number of nitrogens with zero attached hydrogens (tertiary/aromatic N) is 1. The number of fused-ring (bicyclic) bond motifs is 1. The van der Waals surface area contributed by atoms with Gasteiger partial charge in [-0.25, -0.2) is 0 Å². The summed E-state index contributed by atoms with van der Waals surface area (Å²) in [6.45, 7) is 3.73. The van der Waals surface area contributed by atoms with Crippen LogP contribution in [0.2, 0.25) is 0 Å². The van der Waals surface area contributed by atoms with E-state index in [4.69, 9.17) is 4.42 Å². The molecule has 0 radical (unpaired) electrons. The molecule has 2 amide bonds. The highest BCUT2D eigenvalue weighted by Crippen LogP contribution is 2.19. The molecule has 24 heavy (non-hydrogen) atoms. The van der Waals surface area contributed by atoms with Crippen LogP contribution in [-0.4, -0.2) is 22.8 Å². The zero-order chi connectivity index (χ0) is 17.1. The van der Waals surface area contributed by atoms with E-state index in [9.17, 15) is 9.59 Å². The van der Waals surface area contributed by atoms with Crippen LogP contribution in [0.1, 0.15) is 23.5 Å². The predicted molar refractivity (Wildman–Crippen MR) is 93.0 cm³/mol. The quantitative estimate of drug-likeness (QED) is 0.744. The minimum atomic E-state index is -0.686. The Bertz CT molecular complexity index is 822. The fraction of sp³-hybridized carbons (Fsp3) is 0.235. The van der Waals surface area contributed by atoms with Crippen molar-refractivity contribution in [3.05, 3.63) is 46.7 Å². The van der Waals surface area contributed by atoms with E-state index in [0.717, 1.165) is 0 Å². The Balaban J connectivity index is 1.73. The monoisotopic (exact) mass is 343 g/mol. The number of hydrogen-bond acceptors (Lipinski definition) is 5. The SMILES string of the molecule is CC(C)C(NC(=O)c1cccs1)C(=O)Nc1nc2ccccc2o1. The predicted octanol–water partition coefficient (Wildman–Crippen LogP) is 3.28. The second kappa shape index (κ2) is 6.84. The van der Waals surface area contributed by atoms with Crippen molar-refractivity contribution in [2.75, 3.05) is 5.32 Å². The number of aromatic nitrogens is 1. The first kappa shape index (κ1) is 16.2. The van der Waals surface area contributed by atoms with Gasteiger partial charge in [0.15, 0.2) is 5.58 Å². The number of amides is 2. The Morgan fingerprint density at radius 1 is 1.17 bits per heavy atom. The first-order valence-electron chi connectivity index (χ1n) is 7.55. The van der Waals surface area contributed by atoms with Crippen molar-refractivity contribution in [3.8, 4) is 0 Å². The lowest BCUT2D eigenvalue weighted by Gasteiger charge is -2.20. The molecule has 0 saturated heterocycles. The summed E-state index contributed by atoms with van der Waals surface area (Å²) < 4.78 is 5.49. The molecule has 3 rings (SSSR count). The van der Waals surface area contributed by atoms with Crippen molar-refractivity contribution in [2.45, 2.75) is 19.9 Å². The fourth-order valence-electron chi connectivity index (χ4n) is 2.26. The topological polar surface area (TPSA) is 84.2 Å². The number of thiophene rings is 1. The van der Waals surface area contributed by atoms with Gasteiger partial charge in [-0.3, -0.25) is 14.9 Å². The van der Waals surface area contributed by atoms with Gasteiger partial charge in [0.25, 0.3) is 11.8 Å². The van der Waals surface area contributed by atoms with Gasteiger partial charge >= 0.3 is 6.01 Å². The number of rotatable bonds is 5. The summed E-state index contributed by atoms with van der Waals surface area (Å²) in [6, 6.07) is 10.2. The molecule has 0 bridgehead atoms. The molecule has 6 nitrogen and oxygen atoms in total. The minimum absolute atomic E-state index is 0.0849. The number of para-hydroxylation sites is 2. The molecule has 2 aromatic heterocycles. The molecule has 0 aliphatic rings. The molecule has 0 saturated carbocycles. The Morgan fingerprint density at radius 2 is 1.96 bits per heavy atom. The Kier molecular flexibility index (Phi) is 4.61. The largest absolute Gasteiger partial charge is 0.423 e. The molecule has 1 atom stereocenters. The van der Waals surface area contributed by atoms with Crippen LogP contribution in [0.25, 0.3) is 11.1 Å². The smallest absolute Gasteiger partial charge is 0.302 e. The summed E-state index contributed by atoms with van der Waals surface area (Å²) >= 11 is 1.33. The lowest BCUT2D eigenvalue weighted by molar-refractivity contribution is -0.119. The number of carbonyl (C=O) groups excluding carboxylic acids is 2. The zero-order valence-corrected chi connectivity index (χ0v) is 14.1. The summed E-state index contributed by atoms with van der Waals surface area (Å²) in [5, 5.41) is 7.22. The first-order chi connectivity index (χ1) is 11.5. The van der Waals surface area contributed by atoms with Gasteiger partial charge in [0.05, 0.1) is 4.88 Å². The molecule has 2 N–H and O–H groups in total. The van der Waals surface area contributed by atoms with Gasteiger partial charge < -0.3 is 9.73 Å². The first-order valence-corrected chi connectivity index (χ1v) is 8.43. The third-order valence-electron chi connectivity index (χ3n) is 3.50. The van der Waals surface area contributed by atoms with Crippen LogP contribution < -0.4 is 10.6 Å². The van der Waals surface area contributed by atoms with Crippen LogP contribution in [-0.2, 0) is 4.79 Å². The highest BCUT2D eigenvalue weighted by molar-refractivity contribution is 7.12. The van der Waals surface area contributed by atoms with Crippen molar-refractivity contribution < 1.29 is 14.0 Å². The summed E-state index contributed by atoms with van der Waals surface area (Å²) in [6.07, 6.45) is 0. The van der Waals surface area contributed by atoms with E-state index in [-0.39, 0.29) is 23.7 Å². The molecular weight excluding hydrogens is 326 g/mol. The third-order valence-corrected chi connectivity index (χ3v) is 4.37. The molecule has 0 spiro atoms. The van der Waals surface area contributed by atoms with Crippen LogP contribution in [0.4, 0.5) is 6.01 Å². The zero-order valence-electron chi connectivity index (χ0n) is 13.3. The van der Waals surface area contributed by atoms with Crippen LogP contribution >= 0.6 is 11.3 Å². The molecule has 3 aromatic rings. The average molecular weight is 343 g/mol. The van der Waals surface area contributed by atoms with Crippen LogP contribution in [0, 0.1) is 5.92 Å². The van der Waals surface area contributed by atoms with Crippen molar-refractivity contribution in [2.24, 2.45) is 5.92 Å². The van der Waals surface area contributed by atoms with Crippen molar-refractivity contribution in [1.29, 1.82) is 0 Å². The van der Waals surface area contributed by atoms with Crippen molar-refractivity contribution in [3.63, 3.8) is 0 Å². The molecule has 1 aromatic carbocycles. The lowest BCUT2D eigenvalue weighted by atomic mass is 10.0. The Morgan fingerprint density at radius 3 is 2.62 bits per heavy atom. The second-order valence-electron chi connectivity index (χ2n) is 5.65. The second-order valence-corrected chi connectivity index (χ2v) is 6.60. The lowest BCUT2D eigenvalue weighted by Crippen LogP contribution is -2.47.